The largest absolute Gasteiger partial charge is 0.454 e. The SMILES string of the molecule is Cc1ccc(C(=O)Nc2ccc(Oc3cc(C(F)(F)F)ccc3F)cc2)c(N)n1. The fraction of sp³-hybridized carbons (Fsp3) is 0.100. The van der Waals surface area contributed by atoms with Gasteiger partial charge in [-0.1, -0.05) is 0 Å². The zero-order chi connectivity index (χ0) is 21.2. The Morgan fingerprint density at radius 1 is 1.07 bits per heavy atom. The van der Waals surface area contributed by atoms with Crippen molar-refractivity contribution in [3.8, 4) is 11.5 Å². The first-order valence-electron chi connectivity index (χ1n) is 8.32. The number of hydrogen-bond donors (Lipinski definition) is 2. The number of pyridine rings is 1. The third-order valence-electron chi connectivity index (χ3n) is 3.91. The molecule has 3 N–H and O–H groups in total. The summed E-state index contributed by atoms with van der Waals surface area (Å²) in [5.74, 6) is -1.79. The predicted molar refractivity (Wildman–Crippen MR) is 99.3 cm³/mol. The van der Waals surface area contributed by atoms with E-state index in [1.807, 2.05) is 0 Å². The molecule has 0 saturated heterocycles. The summed E-state index contributed by atoms with van der Waals surface area (Å²) in [5.41, 5.74) is 5.96. The first kappa shape index (κ1) is 20.1. The van der Waals surface area contributed by atoms with Gasteiger partial charge >= 0.3 is 6.18 Å². The molecule has 3 aromatic rings. The van der Waals surface area contributed by atoms with E-state index in [-0.39, 0.29) is 17.1 Å². The van der Waals surface area contributed by atoms with Gasteiger partial charge in [0.15, 0.2) is 11.6 Å². The average Bonchev–Trinajstić information content (AvgIpc) is 2.64. The van der Waals surface area contributed by atoms with Crippen molar-refractivity contribution < 1.29 is 27.1 Å². The Labute approximate surface area is 163 Å². The average molecular weight is 405 g/mol. The summed E-state index contributed by atoms with van der Waals surface area (Å²) in [4.78, 5) is 16.3. The fourth-order valence-corrected chi connectivity index (χ4v) is 2.46. The van der Waals surface area contributed by atoms with E-state index in [1.54, 1.807) is 19.1 Å². The molecule has 0 aliphatic rings. The Hall–Kier alpha value is -3.62. The van der Waals surface area contributed by atoms with Crippen molar-refractivity contribution in [1.29, 1.82) is 0 Å². The molecule has 0 bridgehead atoms. The molecule has 1 heterocycles. The van der Waals surface area contributed by atoms with Gasteiger partial charge in [-0.15, -0.1) is 0 Å². The van der Waals surface area contributed by atoms with Gasteiger partial charge in [0.25, 0.3) is 5.91 Å². The van der Waals surface area contributed by atoms with Gasteiger partial charge in [-0.3, -0.25) is 4.79 Å². The molecule has 29 heavy (non-hydrogen) atoms. The summed E-state index contributed by atoms with van der Waals surface area (Å²) in [6.45, 7) is 1.74. The number of carbonyl (C=O) groups is 1. The predicted octanol–water partition coefficient (Wildman–Crippen LogP) is 5.17. The summed E-state index contributed by atoms with van der Waals surface area (Å²) < 4.78 is 57.3. The third-order valence-corrected chi connectivity index (χ3v) is 3.91. The lowest BCUT2D eigenvalue weighted by Crippen LogP contribution is -2.15. The summed E-state index contributed by atoms with van der Waals surface area (Å²) >= 11 is 0. The molecule has 0 unspecified atom stereocenters. The second kappa shape index (κ2) is 7.78. The van der Waals surface area contributed by atoms with E-state index in [4.69, 9.17) is 10.5 Å². The molecule has 5 nitrogen and oxygen atoms in total. The van der Waals surface area contributed by atoms with Gasteiger partial charge in [0, 0.05) is 11.4 Å². The number of nitrogens with zero attached hydrogens (tertiary/aromatic N) is 1. The number of nitrogens with two attached hydrogens (primary N) is 1. The van der Waals surface area contributed by atoms with E-state index in [9.17, 15) is 22.4 Å². The van der Waals surface area contributed by atoms with Crippen LogP contribution < -0.4 is 15.8 Å². The molecule has 0 aliphatic carbocycles. The maximum Gasteiger partial charge on any atom is 0.416 e. The lowest BCUT2D eigenvalue weighted by atomic mass is 10.2. The minimum atomic E-state index is -4.62. The van der Waals surface area contributed by atoms with Crippen molar-refractivity contribution in [2.24, 2.45) is 0 Å². The van der Waals surface area contributed by atoms with Crippen LogP contribution in [-0.4, -0.2) is 10.9 Å². The quantitative estimate of drug-likeness (QED) is 0.587. The molecule has 0 aliphatic heterocycles. The number of benzene rings is 2. The molecular weight excluding hydrogens is 390 g/mol. The Bertz CT molecular complexity index is 1050. The second-order valence-corrected chi connectivity index (χ2v) is 6.11. The zero-order valence-corrected chi connectivity index (χ0v) is 15.0. The van der Waals surface area contributed by atoms with Crippen molar-refractivity contribution in [2.75, 3.05) is 11.1 Å². The smallest absolute Gasteiger partial charge is 0.416 e. The van der Waals surface area contributed by atoms with Crippen LogP contribution in [0.1, 0.15) is 21.6 Å². The van der Waals surface area contributed by atoms with Crippen molar-refractivity contribution in [3.05, 3.63) is 77.2 Å². The van der Waals surface area contributed by atoms with Crippen LogP contribution in [0.2, 0.25) is 0 Å². The number of carbonyl (C=O) groups excluding carboxylic acids is 1. The van der Waals surface area contributed by atoms with Crippen LogP contribution in [-0.2, 0) is 6.18 Å². The maximum atomic E-state index is 13.8. The number of ether oxygens (including phenoxy) is 1. The number of nitrogen functional groups attached to an aromatic ring is 1. The number of alkyl halides is 3. The lowest BCUT2D eigenvalue weighted by molar-refractivity contribution is -0.137. The van der Waals surface area contributed by atoms with E-state index in [1.165, 1.54) is 24.3 Å². The Balaban J connectivity index is 1.73. The standard InChI is InChI=1S/C20H15F4N3O2/c1-11-2-8-15(18(25)26-11)19(28)27-13-4-6-14(7-5-13)29-17-10-12(20(22,23)24)3-9-16(17)21/h2-10H,1H3,(H2,25,26)(H,27,28). The van der Waals surface area contributed by atoms with E-state index in [0.29, 0.717) is 29.6 Å². The highest BCUT2D eigenvalue weighted by atomic mass is 19.4. The van der Waals surface area contributed by atoms with Gasteiger partial charge in [0.2, 0.25) is 0 Å². The molecule has 1 aromatic heterocycles. The van der Waals surface area contributed by atoms with E-state index in [2.05, 4.69) is 10.3 Å². The Morgan fingerprint density at radius 2 is 1.76 bits per heavy atom. The number of amides is 1. The minimum absolute atomic E-state index is 0.0856. The summed E-state index contributed by atoms with van der Waals surface area (Å²) in [6.07, 6.45) is -4.62. The van der Waals surface area contributed by atoms with Gasteiger partial charge < -0.3 is 15.8 Å². The molecule has 3 rings (SSSR count). The fourth-order valence-electron chi connectivity index (χ4n) is 2.46. The van der Waals surface area contributed by atoms with Crippen molar-refractivity contribution in [2.45, 2.75) is 13.1 Å². The normalized spacial score (nSPS) is 11.2. The number of halogens is 4. The van der Waals surface area contributed by atoms with Crippen LogP contribution in [0.4, 0.5) is 29.1 Å². The van der Waals surface area contributed by atoms with Gasteiger partial charge in [-0.2, -0.15) is 13.2 Å². The highest BCUT2D eigenvalue weighted by Gasteiger charge is 2.31. The summed E-state index contributed by atoms with van der Waals surface area (Å²) in [7, 11) is 0. The summed E-state index contributed by atoms with van der Waals surface area (Å²) in [5, 5.41) is 2.61. The number of aryl methyl sites for hydroxylation is 1. The molecule has 1 amide bonds. The number of aromatic nitrogens is 1. The molecule has 2 aromatic carbocycles. The van der Waals surface area contributed by atoms with Crippen LogP contribution in [0.15, 0.2) is 54.6 Å². The number of anilines is 2. The third kappa shape index (κ3) is 4.81. The molecule has 0 saturated carbocycles. The van der Waals surface area contributed by atoms with E-state index in [0.717, 1.165) is 0 Å². The molecule has 0 spiro atoms. The topological polar surface area (TPSA) is 77.2 Å². The van der Waals surface area contributed by atoms with Crippen LogP contribution in [0.3, 0.4) is 0 Å². The van der Waals surface area contributed by atoms with Crippen LogP contribution in [0.25, 0.3) is 0 Å². The number of hydrogen-bond acceptors (Lipinski definition) is 4. The summed E-state index contributed by atoms with van der Waals surface area (Å²) in [6, 6.07) is 10.8. The second-order valence-electron chi connectivity index (χ2n) is 6.11. The van der Waals surface area contributed by atoms with Crippen LogP contribution in [0, 0.1) is 12.7 Å². The molecule has 0 atom stereocenters. The van der Waals surface area contributed by atoms with Crippen LogP contribution in [0.5, 0.6) is 11.5 Å². The Morgan fingerprint density at radius 3 is 2.38 bits per heavy atom. The van der Waals surface area contributed by atoms with Crippen molar-refractivity contribution in [3.63, 3.8) is 0 Å². The first-order valence-corrected chi connectivity index (χ1v) is 8.32. The zero-order valence-electron chi connectivity index (χ0n) is 15.0. The van der Waals surface area contributed by atoms with Crippen molar-refractivity contribution >= 4 is 17.4 Å². The number of nitrogens with one attached hydrogen (secondary N) is 1. The monoisotopic (exact) mass is 405 g/mol. The van der Waals surface area contributed by atoms with Crippen molar-refractivity contribution in [1.82, 2.24) is 4.98 Å². The Kier molecular flexibility index (Phi) is 5.40. The molecule has 150 valence electrons. The van der Waals surface area contributed by atoms with Gasteiger partial charge in [-0.25, -0.2) is 9.37 Å². The highest BCUT2D eigenvalue weighted by Crippen LogP contribution is 2.34. The lowest BCUT2D eigenvalue weighted by Gasteiger charge is -2.12. The van der Waals surface area contributed by atoms with E-state index < -0.39 is 29.2 Å². The molecule has 0 radical (unpaired) electrons. The van der Waals surface area contributed by atoms with Gasteiger partial charge in [0.05, 0.1) is 11.1 Å². The minimum Gasteiger partial charge on any atom is -0.454 e. The van der Waals surface area contributed by atoms with Gasteiger partial charge in [0.1, 0.15) is 11.6 Å². The van der Waals surface area contributed by atoms with Gasteiger partial charge in [-0.05, 0) is 61.5 Å². The molecule has 9 heteroatoms. The highest BCUT2D eigenvalue weighted by molar-refractivity contribution is 6.07. The van der Waals surface area contributed by atoms with Crippen LogP contribution >= 0.6 is 0 Å². The van der Waals surface area contributed by atoms with E-state index >= 15 is 0 Å². The maximum absolute atomic E-state index is 13.8. The first-order chi connectivity index (χ1) is 13.6. The number of rotatable bonds is 4. The molecular formula is C20H15F4N3O2. The molecule has 0 fully saturated rings.